The fraction of sp³-hybridized carbons (Fsp3) is 0.562. The second-order valence-electron chi connectivity index (χ2n) is 18.7. The van der Waals surface area contributed by atoms with E-state index in [-0.39, 0.29) is 42.7 Å². The fourth-order valence-electron chi connectivity index (χ4n) is 10.8. The standard InChI is InChI=1S/C48H60F3N9O4/c1-56-42-27-32(7-14-40(42)60(47(56)64)41-15-16-43(62)54-45(41)63)4-2-3-31-17-25-58(26-18-31)35-19-23-57(24-20-35)29-33-5-8-34(9-6-33)39-30-59(36-10-12-37(61)13-11-36)44-38(39)28-53-46(55-44)52-22-21-48(49,50)51/h5-9,14,27-28,30-31,35-37,41,61H,2-4,10-13,15-26,29H2,1H3,(H,52,53,55)(H,54,62,63)/t36?,37?,41-/m0/s1. The molecular formula is C48H60F3N9O4. The molecule has 1 atom stereocenters. The number of benzene rings is 2. The van der Waals surface area contributed by atoms with Crippen molar-refractivity contribution in [3.63, 3.8) is 0 Å². The molecule has 16 heteroatoms. The molecule has 0 radical (unpaired) electrons. The molecule has 4 aliphatic rings. The van der Waals surface area contributed by atoms with Crippen LogP contribution < -0.4 is 16.3 Å². The van der Waals surface area contributed by atoms with Crippen LogP contribution in [0.5, 0.6) is 0 Å². The molecule has 4 fully saturated rings. The van der Waals surface area contributed by atoms with Crippen LogP contribution in [0.15, 0.2) is 59.7 Å². The monoisotopic (exact) mass is 883 g/mol. The number of rotatable bonds is 13. The highest BCUT2D eigenvalue weighted by molar-refractivity contribution is 6.00. The maximum Gasteiger partial charge on any atom is 0.390 e. The van der Waals surface area contributed by atoms with Gasteiger partial charge in [0, 0.05) is 62.0 Å². The first-order chi connectivity index (χ1) is 30.9. The van der Waals surface area contributed by atoms with Crippen molar-refractivity contribution in [1.82, 2.24) is 38.8 Å². The Labute approximate surface area is 371 Å². The molecule has 3 aliphatic heterocycles. The Morgan fingerprint density at radius 3 is 2.31 bits per heavy atom. The molecule has 2 amide bonds. The van der Waals surface area contributed by atoms with Crippen molar-refractivity contribution in [1.29, 1.82) is 0 Å². The van der Waals surface area contributed by atoms with Gasteiger partial charge in [0.25, 0.3) is 0 Å². The van der Waals surface area contributed by atoms with Crippen LogP contribution in [0.3, 0.4) is 0 Å². The van der Waals surface area contributed by atoms with Crippen LogP contribution in [0.4, 0.5) is 19.1 Å². The summed E-state index contributed by atoms with van der Waals surface area (Å²) in [5.74, 6) is 0.193. The number of amides is 2. The summed E-state index contributed by atoms with van der Waals surface area (Å²) >= 11 is 0. The molecule has 6 heterocycles. The first-order valence-corrected chi connectivity index (χ1v) is 23.3. The Morgan fingerprint density at radius 1 is 0.859 bits per heavy atom. The van der Waals surface area contributed by atoms with Crippen molar-refractivity contribution in [2.24, 2.45) is 13.0 Å². The number of hydrogen-bond acceptors (Lipinski definition) is 9. The molecule has 1 aliphatic carbocycles. The summed E-state index contributed by atoms with van der Waals surface area (Å²) in [5, 5.41) is 16.1. The number of aliphatic hydroxyl groups is 1. The zero-order valence-corrected chi connectivity index (χ0v) is 36.7. The zero-order chi connectivity index (χ0) is 44.5. The molecule has 5 aromatic rings. The Bertz CT molecular complexity index is 2510. The number of likely N-dealkylation sites (tertiary alicyclic amines) is 2. The van der Waals surface area contributed by atoms with E-state index in [0.717, 1.165) is 91.9 Å². The van der Waals surface area contributed by atoms with Crippen LogP contribution in [-0.4, -0.2) is 101 Å². The third-order valence-electron chi connectivity index (χ3n) is 14.5. The minimum Gasteiger partial charge on any atom is -0.393 e. The smallest absolute Gasteiger partial charge is 0.390 e. The second-order valence-corrected chi connectivity index (χ2v) is 18.7. The van der Waals surface area contributed by atoms with Crippen molar-refractivity contribution in [3.05, 3.63) is 76.5 Å². The Balaban J connectivity index is 0.742. The lowest BCUT2D eigenvalue weighted by molar-refractivity contribution is -0.136. The van der Waals surface area contributed by atoms with E-state index < -0.39 is 24.5 Å². The molecule has 0 bridgehead atoms. The lowest BCUT2D eigenvalue weighted by atomic mass is 9.89. The summed E-state index contributed by atoms with van der Waals surface area (Å²) in [6, 6.07) is 14.9. The number of halogens is 3. The minimum absolute atomic E-state index is 0.140. The number of anilines is 1. The SMILES string of the molecule is Cn1c(=O)n([C@H]2CCC(=O)NC2=O)c2ccc(CCCC3CCN(C4CCN(Cc5ccc(-c6cn(C7CCC(O)CC7)c7nc(NCCC(F)(F)F)ncc67)cc5)CC4)CC3)cc21. The van der Waals surface area contributed by atoms with Gasteiger partial charge in [0.2, 0.25) is 17.8 Å². The van der Waals surface area contributed by atoms with Gasteiger partial charge in [0.1, 0.15) is 11.7 Å². The predicted molar refractivity (Wildman–Crippen MR) is 240 cm³/mol. The number of fused-ring (bicyclic) bond motifs is 2. The second kappa shape index (κ2) is 18.8. The van der Waals surface area contributed by atoms with Gasteiger partial charge in [-0.2, -0.15) is 18.2 Å². The molecule has 13 nitrogen and oxygen atoms in total. The number of aryl methyl sites for hydroxylation is 2. The Morgan fingerprint density at radius 2 is 1.59 bits per heavy atom. The van der Waals surface area contributed by atoms with Gasteiger partial charge in [-0.05, 0) is 132 Å². The summed E-state index contributed by atoms with van der Waals surface area (Å²) in [4.78, 5) is 51.8. The van der Waals surface area contributed by atoms with Crippen molar-refractivity contribution < 1.29 is 27.9 Å². The lowest BCUT2D eigenvalue weighted by Crippen LogP contribution is -2.47. The first-order valence-electron chi connectivity index (χ1n) is 23.3. The van der Waals surface area contributed by atoms with Gasteiger partial charge in [-0.15, -0.1) is 0 Å². The fourth-order valence-corrected chi connectivity index (χ4v) is 10.8. The van der Waals surface area contributed by atoms with Gasteiger partial charge >= 0.3 is 11.9 Å². The van der Waals surface area contributed by atoms with Gasteiger partial charge in [0.15, 0.2) is 0 Å². The van der Waals surface area contributed by atoms with E-state index in [1.807, 2.05) is 6.07 Å². The maximum absolute atomic E-state index is 13.2. The van der Waals surface area contributed by atoms with Crippen LogP contribution in [0.2, 0.25) is 0 Å². The molecule has 0 spiro atoms. The molecule has 9 rings (SSSR count). The largest absolute Gasteiger partial charge is 0.393 e. The van der Waals surface area contributed by atoms with Crippen molar-refractivity contribution >= 4 is 39.8 Å². The van der Waals surface area contributed by atoms with E-state index in [1.54, 1.807) is 17.8 Å². The van der Waals surface area contributed by atoms with Gasteiger partial charge in [-0.25, -0.2) is 9.78 Å². The molecule has 0 unspecified atom stereocenters. The highest BCUT2D eigenvalue weighted by Gasteiger charge is 2.32. The number of imidazole rings is 1. The first kappa shape index (κ1) is 44.2. The molecule has 64 heavy (non-hydrogen) atoms. The summed E-state index contributed by atoms with van der Waals surface area (Å²) < 4.78 is 43.7. The van der Waals surface area contributed by atoms with Crippen LogP contribution >= 0.6 is 0 Å². The Hall–Kier alpha value is -5.06. The van der Waals surface area contributed by atoms with Gasteiger partial charge < -0.3 is 19.9 Å². The summed E-state index contributed by atoms with van der Waals surface area (Å²) in [6.07, 6.45) is 9.88. The van der Waals surface area contributed by atoms with Gasteiger partial charge in [-0.3, -0.25) is 28.9 Å². The van der Waals surface area contributed by atoms with Crippen molar-refractivity contribution in [2.45, 2.75) is 127 Å². The normalized spacial score (nSPS) is 22.4. The molecule has 3 aromatic heterocycles. The molecule has 3 saturated heterocycles. The average molecular weight is 884 g/mol. The van der Waals surface area contributed by atoms with E-state index in [1.165, 1.54) is 47.8 Å². The number of aromatic nitrogens is 5. The molecule has 2 aromatic carbocycles. The number of nitrogens with zero attached hydrogens (tertiary/aromatic N) is 7. The van der Waals surface area contributed by atoms with E-state index in [9.17, 15) is 32.7 Å². The average Bonchev–Trinajstić information content (AvgIpc) is 3.78. The van der Waals surface area contributed by atoms with Crippen LogP contribution in [0, 0.1) is 5.92 Å². The van der Waals surface area contributed by atoms with E-state index >= 15 is 0 Å². The number of imide groups is 1. The van der Waals surface area contributed by atoms with Crippen LogP contribution in [0.25, 0.3) is 33.2 Å². The third kappa shape index (κ3) is 9.79. The highest BCUT2D eigenvalue weighted by atomic mass is 19.4. The van der Waals surface area contributed by atoms with E-state index in [4.69, 9.17) is 4.98 Å². The number of alkyl halides is 3. The van der Waals surface area contributed by atoms with Crippen LogP contribution in [-0.2, 0) is 29.6 Å². The Kier molecular flexibility index (Phi) is 13.0. The van der Waals surface area contributed by atoms with Crippen molar-refractivity contribution in [2.75, 3.05) is 38.0 Å². The predicted octanol–water partition coefficient (Wildman–Crippen LogP) is 7.27. The zero-order valence-electron chi connectivity index (χ0n) is 36.7. The maximum atomic E-state index is 13.2. The van der Waals surface area contributed by atoms with Crippen molar-refractivity contribution in [3.8, 4) is 11.1 Å². The molecule has 1 saturated carbocycles. The third-order valence-corrected chi connectivity index (χ3v) is 14.5. The van der Waals surface area contributed by atoms with E-state index in [0.29, 0.717) is 31.0 Å². The van der Waals surface area contributed by atoms with Gasteiger partial charge in [0.05, 0.1) is 23.6 Å². The summed E-state index contributed by atoms with van der Waals surface area (Å²) in [5.41, 5.74) is 6.49. The summed E-state index contributed by atoms with van der Waals surface area (Å²) in [7, 11) is 1.74. The topological polar surface area (TPSA) is 143 Å². The minimum atomic E-state index is -4.26. The van der Waals surface area contributed by atoms with E-state index in [2.05, 4.69) is 72.6 Å². The van der Waals surface area contributed by atoms with Crippen LogP contribution in [0.1, 0.15) is 107 Å². The molecular weight excluding hydrogens is 824 g/mol. The number of piperidine rings is 3. The molecule has 3 N–H and O–H groups in total. The number of nitrogens with one attached hydrogen (secondary N) is 2. The van der Waals surface area contributed by atoms with Gasteiger partial charge in [-0.1, -0.05) is 36.8 Å². The quantitative estimate of drug-likeness (QED) is 0.104. The number of hydrogen-bond donors (Lipinski definition) is 3. The number of aliphatic hydroxyl groups excluding tert-OH is 1. The molecule has 342 valence electrons. The number of carbonyl (C=O) groups excluding carboxylic acids is 2. The lowest BCUT2D eigenvalue weighted by Gasteiger charge is -2.42. The summed E-state index contributed by atoms with van der Waals surface area (Å²) in [6.45, 7) is 5.04. The highest BCUT2D eigenvalue weighted by Crippen LogP contribution is 2.37. The number of carbonyl (C=O) groups is 2.